The number of fused-ring (bicyclic) bond motifs is 1. The second-order valence-electron chi connectivity index (χ2n) is 4.72. The number of aromatic nitrogens is 1. The van der Waals surface area contributed by atoms with Crippen LogP contribution in [0.2, 0.25) is 0 Å². The van der Waals surface area contributed by atoms with Crippen molar-refractivity contribution in [3.05, 3.63) is 64.9 Å². The summed E-state index contributed by atoms with van der Waals surface area (Å²) in [5, 5.41) is 5.80. The van der Waals surface area contributed by atoms with Gasteiger partial charge in [-0.05, 0) is 39.0 Å². The molecule has 1 N–H and O–H groups in total. The molecule has 3 aromatic rings. The third kappa shape index (κ3) is 3.00. The topological polar surface area (TPSA) is 34.1 Å². The summed E-state index contributed by atoms with van der Waals surface area (Å²) in [6.07, 6.45) is 3.80. The third-order valence-corrected chi connectivity index (χ3v) is 4.04. The molecule has 0 saturated heterocycles. The number of halogens is 1. The minimum atomic E-state index is 0.721. The van der Waals surface area contributed by atoms with Gasteiger partial charge in [-0.3, -0.25) is 4.98 Å². The molecule has 0 bridgehead atoms. The molecule has 0 unspecified atom stereocenters. The number of hydrogen-bond acceptors (Lipinski definition) is 3. The van der Waals surface area contributed by atoms with Crippen LogP contribution in [0.1, 0.15) is 5.56 Å². The van der Waals surface area contributed by atoms with Crippen molar-refractivity contribution in [2.75, 3.05) is 12.4 Å². The summed E-state index contributed by atoms with van der Waals surface area (Å²) in [5.41, 5.74) is 2.19. The Morgan fingerprint density at radius 1 is 1.14 bits per heavy atom. The van der Waals surface area contributed by atoms with Gasteiger partial charge in [0.15, 0.2) is 0 Å². The molecule has 0 fully saturated rings. The molecule has 3 rings (SSSR count). The van der Waals surface area contributed by atoms with E-state index in [2.05, 4.69) is 44.4 Å². The fourth-order valence-electron chi connectivity index (χ4n) is 2.29. The molecule has 1 aromatic heterocycles. The number of nitrogens with zero attached hydrogens (tertiary/aromatic N) is 1. The molecule has 1 heterocycles. The largest absolute Gasteiger partial charge is 0.495 e. The number of nitrogens with one attached hydrogen (secondary N) is 1. The Bertz CT molecular complexity index is 768. The predicted molar refractivity (Wildman–Crippen MR) is 89.8 cm³/mol. The van der Waals surface area contributed by atoms with E-state index in [-0.39, 0.29) is 0 Å². The number of ether oxygens (including phenoxy) is 1. The third-order valence-electron chi connectivity index (χ3n) is 3.38. The van der Waals surface area contributed by atoms with E-state index in [9.17, 15) is 0 Å². The Kier molecular flexibility index (Phi) is 4.06. The van der Waals surface area contributed by atoms with Crippen molar-refractivity contribution in [1.29, 1.82) is 0 Å². The van der Waals surface area contributed by atoms with Gasteiger partial charge in [-0.2, -0.15) is 0 Å². The van der Waals surface area contributed by atoms with Gasteiger partial charge in [-0.25, -0.2) is 0 Å². The summed E-state index contributed by atoms with van der Waals surface area (Å²) in [6, 6.07) is 14.2. The van der Waals surface area contributed by atoms with Crippen LogP contribution in [0.4, 0.5) is 5.69 Å². The van der Waals surface area contributed by atoms with E-state index in [0.717, 1.165) is 27.8 Å². The SMILES string of the molecule is COc1cc(NCc2cncc3ccccc23)ccc1Br. The Morgan fingerprint density at radius 3 is 2.86 bits per heavy atom. The molecule has 0 radical (unpaired) electrons. The second kappa shape index (κ2) is 6.14. The van der Waals surface area contributed by atoms with Crippen LogP contribution in [0.15, 0.2) is 59.3 Å². The summed E-state index contributed by atoms with van der Waals surface area (Å²) in [5.74, 6) is 0.816. The molecule has 0 atom stereocenters. The van der Waals surface area contributed by atoms with Gasteiger partial charge in [0, 0.05) is 36.1 Å². The first-order valence-electron chi connectivity index (χ1n) is 6.67. The lowest BCUT2D eigenvalue weighted by Gasteiger charge is -2.11. The Balaban J connectivity index is 1.83. The van der Waals surface area contributed by atoms with Crippen LogP contribution in [-0.2, 0) is 6.54 Å². The number of pyridine rings is 1. The highest BCUT2D eigenvalue weighted by molar-refractivity contribution is 9.10. The van der Waals surface area contributed by atoms with E-state index in [1.54, 1.807) is 7.11 Å². The van der Waals surface area contributed by atoms with Crippen molar-refractivity contribution in [1.82, 2.24) is 4.98 Å². The van der Waals surface area contributed by atoms with Crippen LogP contribution < -0.4 is 10.1 Å². The number of methoxy groups -OCH3 is 1. The van der Waals surface area contributed by atoms with Gasteiger partial charge in [0.2, 0.25) is 0 Å². The van der Waals surface area contributed by atoms with Crippen molar-refractivity contribution < 1.29 is 4.74 Å². The Hall–Kier alpha value is -2.07. The Morgan fingerprint density at radius 2 is 2.00 bits per heavy atom. The fourth-order valence-corrected chi connectivity index (χ4v) is 2.70. The van der Waals surface area contributed by atoms with Gasteiger partial charge < -0.3 is 10.1 Å². The van der Waals surface area contributed by atoms with Crippen LogP contribution in [-0.4, -0.2) is 12.1 Å². The number of rotatable bonds is 4. The standard InChI is InChI=1S/C17H15BrN2O/c1-21-17-8-14(6-7-16(17)18)20-11-13-10-19-9-12-4-2-3-5-15(12)13/h2-10,20H,11H2,1H3. The van der Waals surface area contributed by atoms with Gasteiger partial charge >= 0.3 is 0 Å². The highest BCUT2D eigenvalue weighted by Crippen LogP contribution is 2.28. The van der Waals surface area contributed by atoms with E-state index in [1.165, 1.54) is 10.9 Å². The molecule has 0 aliphatic heterocycles. The maximum absolute atomic E-state index is 5.31. The van der Waals surface area contributed by atoms with Crippen molar-refractivity contribution >= 4 is 32.4 Å². The molecular weight excluding hydrogens is 328 g/mol. The van der Waals surface area contributed by atoms with Crippen LogP contribution in [0.3, 0.4) is 0 Å². The zero-order chi connectivity index (χ0) is 14.7. The molecule has 2 aromatic carbocycles. The summed E-state index contributed by atoms with van der Waals surface area (Å²) >= 11 is 3.46. The smallest absolute Gasteiger partial charge is 0.135 e. The van der Waals surface area contributed by atoms with Gasteiger partial charge in [0.25, 0.3) is 0 Å². The van der Waals surface area contributed by atoms with Crippen molar-refractivity contribution in [2.45, 2.75) is 6.54 Å². The second-order valence-corrected chi connectivity index (χ2v) is 5.58. The first-order chi connectivity index (χ1) is 10.3. The normalized spacial score (nSPS) is 10.6. The summed E-state index contributed by atoms with van der Waals surface area (Å²) in [6.45, 7) is 0.721. The zero-order valence-electron chi connectivity index (χ0n) is 11.6. The molecule has 0 saturated carbocycles. The minimum absolute atomic E-state index is 0.721. The van der Waals surface area contributed by atoms with E-state index >= 15 is 0 Å². The highest BCUT2D eigenvalue weighted by Gasteiger charge is 2.04. The van der Waals surface area contributed by atoms with Gasteiger partial charge in [0.1, 0.15) is 5.75 Å². The molecule has 0 aliphatic rings. The highest BCUT2D eigenvalue weighted by atomic mass is 79.9. The molecule has 106 valence electrons. The van der Waals surface area contributed by atoms with Crippen molar-refractivity contribution in [2.24, 2.45) is 0 Å². The lowest BCUT2D eigenvalue weighted by atomic mass is 10.1. The van der Waals surface area contributed by atoms with Gasteiger partial charge in [0.05, 0.1) is 11.6 Å². The van der Waals surface area contributed by atoms with Crippen molar-refractivity contribution in [3.63, 3.8) is 0 Å². The maximum atomic E-state index is 5.31. The molecule has 0 aliphatic carbocycles. The summed E-state index contributed by atoms with van der Waals surface area (Å²) < 4.78 is 6.26. The van der Waals surface area contributed by atoms with E-state index in [0.29, 0.717) is 0 Å². The lowest BCUT2D eigenvalue weighted by Crippen LogP contribution is -2.01. The van der Waals surface area contributed by atoms with Crippen LogP contribution in [0, 0.1) is 0 Å². The molecular formula is C17H15BrN2O. The quantitative estimate of drug-likeness (QED) is 0.751. The molecule has 0 spiro atoms. The molecule has 4 heteroatoms. The zero-order valence-corrected chi connectivity index (χ0v) is 13.2. The molecule has 0 amide bonds. The minimum Gasteiger partial charge on any atom is -0.495 e. The predicted octanol–water partition coefficient (Wildman–Crippen LogP) is 4.62. The van der Waals surface area contributed by atoms with E-state index < -0.39 is 0 Å². The van der Waals surface area contributed by atoms with Crippen LogP contribution in [0.25, 0.3) is 10.8 Å². The Labute approximate surface area is 132 Å². The summed E-state index contributed by atoms with van der Waals surface area (Å²) in [4.78, 5) is 4.30. The lowest BCUT2D eigenvalue weighted by molar-refractivity contribution is 0.412. The van der Waals surface area contributed by atoms with Gasteiger partial charge in [-0.1, -0.05) is 24.3 Å². The molecule has 21 heavy (non-hydrogen) atoms. The number of hydrogen-bond donors (Lipinski definition) is 1. The molecule has 3 nitrogen and oxygen atoms in total. The van der Waals surface area contributed by atoms with Crippen molar-refractivity contribution in [3.8, 4) is 5.75 Å². The maximum Gasteiger partial charge on any atom is 0.135 e. The first kappa shape index (κ1) is 13.9. The first-order valence-corrected chi connectivity index (χ1v) is 7.46. The van der Waals surface area contributed by atoms with Gasteiger partial charge in [-0.15, -0.1) is 0 Å². The van der Waals surface area contributed by atoms with E-state index in [1.807, 2.05) is 36.7 Å². The number of anilines is 1. The average molecular weight is 343 g/mol. The number of benzene rings is 2. The monoisotopic (exact) mass is 342 g/mol. The van der Waals surface area contributed by atoms with Crippen LogP contribution >= 0.6 is 15.9 Å². The fraction of sp³-hybridized carbons (Fsp3) is 0.118. The average Bonchev–Trinajstić information content (AvgIpc) is 2.54. The van der Waals surface area contributed by atoms with Crippen LogP contribution in [0.5, 0.6) is 5.75 Å². The van der Waals surface area contributed by atoms with E-state index in [4.69, 9.17) is 4.74 Å². The summed E-state index contributed by atoms with van der Waals surface area (Å²) in [7, 11) is 1.67.